The van der Waals surface area contributed by atoms with Crippen LogP contribution in [-0.2, 0) is 11.3 Å². The molecule has 1 aliphatic rings. The summed E-state index contributed by atoms with van der Waals surface area (Å²) in [6.07, 6.45) is 3.37. The highest BCUT2D eigenvalue weighted by molar-refractivity contribution is 5.78. The molecule has 0 atom stereocenters. The number of hydrogen-bond acceptors (Lipinski definition) is 7. The van der Waals surface area contributed by atoms with E-state index in [2.05, 4.69) is 25.5 Å². The van der Waals surface area contributed by atoms with E-state index in [1.165, 1.54) is 0 Å². The monoisotopic (exact) mass is 446 g/mol. The van der Waals surface area contributed by atoms with Crippen LogP contribution in [0.15, 0.2) is 54.6 Å². The molecule has 2 aromatic carbocycles. The zero-order chi connectivity index (χ0) is 23.2. The molecule has 3 aromatic rings. The first-order valence-corrected chi connectivity index (χ1v) is 11.3. The molecular weight excluding hydrogens is 416 g/mol. The molecule has 0 aliphatic heterocycles. The van der Waals surface area contributed by atoms with Crippen molar-refractivity contribution >= 4 is 17.8 Å². The first-order valence-electron chi connectivity index (χ1n) is 11.3. The van der Waals surface area contributed by atoms with E-state index in [9.17, 15) is 9.90 Å². The Hall–Kier alpha value is -3.68. The average molecular weight is 447 g/mol. The number of hydrogen-bond donors (Lipinski definition) is 3. The van der Waals surface area contributed by atoms with Crippen LogP contribution in [0.1, 0.15) is 31.2 Å². The fourth-order valence-corrected chi connectivity index (χ4v) is 4.23. The third-order valence-corrected chi connectivity index (χ3v) is 6.25. The number of carbonyl (C=O) groups is 1. The number of nitrogens with zero attached hydrogens (tertiary/aromatic N) is 4. The van der Waals surface area contributed by atoms with Gasteiger partial charge in [-0.25, -0.2) is 0 Å². The number of nitrogens with one attached hydrogen (secondary N) is 2. The number of phenols is 1. The van der Waals surface area contributed by atoms with Gasteiger partial charge in [-0.3, -0.25) is 4.79 Å². The minimum absolute atomic E-state index is 0.0217. The third kappa shape index (κ3) is 5.39. The highest BCUT2D eigenvalue weighted by Crippen LogP contribution is 2.30. The van der Waals surface area contributed by atoms with Gasteiger partial charge in [0.25, 0.3) is 0 Å². The van der Waals surface area contributed by atoms with Crippen molar-refractivity contribution in [3.05, 3.63) is 60.2 Å². The smallest absolute Gasteiger partial charge is 0.230 e. The van der Waals surface area contributed by atoms with Crippen LogP contribution in [0.3, 0.4) is 0 Å². The normalized spacial score (nSPS) is 17.9. The second-order valence-corrected chi connectivity index (χ2v) is 8.36. The van der Waals surface area contributed by atoms with Crippen molar-refractivity contribution in [2.75, 3.05) is 24.3 Å². The molecule has 1 heterocycles. The maximum atomic E-state index is 12.7. The Bertz CT molecular complexity index is 1080. The van der Waals surface area contributed by atoms with Gasteiger partial charge >= 0.3 is 0 Å². The zero-order valence-corrected chi connectivity index (χ0v) is 19.0. The van der Waals surface area contributed by atoms with Crippen molar-refractivity contribution in [1.82, 2.24) is 20.3 Å². The van der Waals surface area contributed by atoms with Gasteiger partial charge in [0.05, 0.1) is 0 Å². The fraction of sp³-hybridized carbons (Fsp3) is 0.360. The molecular formula is C25H30N6O2. The Morgan fingerprint density at radius 2 is 1.70 bits per heavy atom. The molecule has 1 amide bonds. The lowest BCUT2D eigenvalue weighted by atomic mass is 9.85. The van der Waals surface area contributed by atoms with Gasteiger partial charge in [-0.15, -0.1) is 0 Å². The molecule has 1 fully saturated rings. The number of phenolic OH excluding ortho intramolecular Hbond substituents is 1. The van der Waals surface area contributed by atoms with Crippen molar-refractivity contribution < 1.29 is 9.90 Å². The standard InChI is InChI=1S/C25H30N6O2/c1-26-24-28-22(17-8-4-3-5-9-17)29-25(30-24)31(2)20-14-12-18(13-15-20)23(33)27-16-19-10-6-7-11-21(19)32/h3-11,18,20,32H,12-16H2,1-2H3,(H,27,33)(H,26,28,29,30)/t18-,20+. The summed E-state index contributed by atoms with van der Waals surface area (Å²) >= 11 is 0. The molecule has 0 spiro atoms. The van der Waals surface area contributed by atoms with Gasteiger partial charge in [-0.2, -0.15) is 15.0 Å². The molecule has 3 N–H and O–H groups in total. The summed E-state index contributed by atoms with van der Waals surface area (Å²) in [5.41, 5.74) is 1.67. The number of amides is 1. The van der Waals surface area contributed by atoms with Crippen molar-refractivity contribution in [3.8, 4) is 17.1 Å². The lowest BCUT2D eigenvalue weighted by Gasteiger charge is -2.34. The van der Waals surface area contributed by atoms with Crippen LogP contribution in [0.5, 0.6) is 5.75 Å². The Morgan fingerprint density at radius 1 is 1.00 bits per heavy atom. The van der Waals surface area contributed by atoms with Gasteiger partial charge in [-0.05, 0) is 31.7 Å². The van der Waals surface area contributed by atoms with Crippen LogP contribution in [0.2, 0.25) is 0 Å². The lowest BCUT2D eigenvalue weighted by Crippen LogP contribution is -2.40. The second kappa shape index (κ2) is 10.3. The van der Waals surface area contributed by atoms with Crippen molar-refractivity contribution in [2.45, 2.75) is 38.3 Å². The molecule has 8 nitrogen and oxygen atoms in total. The van der Waals surface area contributed by atoms with Gasteiger partial charge in [0.1, 0.15) is 5.75 Å². The van der Waals surface area contributed by atoms with E-state index >= 15 is 0 Å². The number of carbonyl (C=O) groups excluding carboxylic acids is 1. The average Bonchev–Trinajstić information content (AvgIpc) is 2.88. The van der Waals surface area contributed by atoms with E-state index in [0.29, 0.717) is 24.3 Å². The first kappa shape index (κ1) is 22.5. The fourth-order valence-electron chi connectivity index (χ4n) is 4.23. The summed E-state index contributed by atoms with van der Waals surface area (Å²) in [4.78, 5) is 28.6. The first-order chi connectivity index (χ1) is 16.0. The summed E-state index contributed by atoms with van der Waals surface area (Å²) in [6.45, 7) is 0.339. The van der Waals surface area contributed by atoms with Crippen LogP contribution < -0.4 is 15.5 Å². The van der Waals surface area contributed by atoms with E-state index < -0.39 is 0 Å². The largest absolute Gasteiger partial charge is 0.508 e. The molecule has 172 valence electrons. The van der Waals surface area contributed by atoms with E-state index in [-0.39, 0.29) is 23.6 Å². The van der Waals surface area contributed by atoms with E-state index in [0.717, 1.165) is 36.8 Å². The number of para-hydroxylation sites is 1. The highest BCUT2D eigenvalue weighted by Gasteiger charge is 2.29. The Balaban J connectivity index is 1.37. The summed E-state index contributed by atoms with van der Waals surface area (Å²) in [6, 6.07) is 17.2. The Kier molecular flexibility index (Phi) is 7.02. The zero-order valence-electron chi connectivity index (χ0n) is 19.0. The molecule has 4 rings (SSSR count). The Morgan fingerprint density at radius 3 is 2.39 bits per heavy atom. The topological polar surface area (TPSA) is 103 Å². The van der Waals surface area contributed by atoms with Crippen LogP contribution in [0, 0.1) is 5.92 Å². The molecule has 1 aliphatic carbocycles. The molecule has 0 bridgehead atoms. The maximum Gasteiger partial charge on any atom is 0.230 e. The van der Waals surface area contributed by atoms with Crippen LogP contribution in [-0.4, -0.2) is 46.1 Å². The van der Waals surface area contributed by atoms with E-state index in [1.807, 2.05) is 49.5 Å². The predicted octanol–water partition coefficient (Wildman–Crippen LogP) is 3.60. The summed E-state index contributed by atoms with van der Waals surface area (Å²) in [5, 5.41) is 15.9. The highest BCUT2D eigenvalue weighted by atomic mass is 16.3. The van der Waals surface area contributed by atoms with Gasteiger partial charge in [-0.1, -0.05) is 48.5 Å². The number of anilines is 2. The molecule has 1 aromatic heterocycles. The number of rotatable bonds is 7. The number of aromatic nitrogens is 3. The molecule has 8 heteroatoms. The number of benzene rings is 2. The van der Waals surface area contributed by atoms with Crippen LogP contribution in [0.25, 0.3) is 11.4 Å². The van der Waals surface area contributed by atoms with Gasteiger partial charge in [0.2, 0.25) is 17.8 Å². The molecule has 1 saturated carbocycles. The van der Waals surface area contributed by atoms with Crippen LogP contribution >= 0.6 is 0 Å². The maximum absolute atomic E-state index is 12.7. The summed E-state index contributed by atoms with van der Waals surface area (Å²) in [7, 11) is 3.81. The van der Waals surface area contributed by atoms with Gasteiger partial charge in [0, 0.05) is 43.7 Å². The minimum Gasteiger partial charge on any atom is -0.508 e. The minimum atomic E-state index is -0.0217. The summed E-state index contributed by atoms with van der Waals surface area (Å²) < 4.78 is 0. The summed E-state index contributed by atoms with van der Waals surface area (Å²) in [5.74, 6) is 2.02. The molecule has 0 unspecified atom stereocenters. The van der Waals surface area contributed by atoms with E-state index in [1.54, 1.807) is 19.2 Å². The third-order valence-electron chi connectivity index (χ3n) is 6.25. The predicted molar refractivity (Wildman–Crippen MR) is 129 cm³/mol. The Labute approximate surface area is 194 Å². The lowest BCUT2D eigenvalue weighted by molar-refractivity contribution is -0.126. The second-order valence-electron chi connectivity index (χ2n) is 8.36. The van der Waals surface area contributed by atoms with Crippen molar-refractivity contribution in [2.24, 2.45) is 5.92 Å². The quantitative estimate of drug-likeness (QED) is 0.509. The van der Waals surface area contributed by atoms with E-state index in [4.69, 9.17) is 4.98 Å². The molecule has 33 heavy (non-hydrogen) atoms. The number of aromatic hydroxyl groups is 1. The SMILES string of the molecule is CNc1nc(-c2ccccc2)nc(N(C)[C@H]2CC[C@@H](C(=O)NCc3ccccc3O)CC2)n1. The van der Waals surface area contributed by atoms with Gasteiger partial charge < -0.3 is 20.6 Å². The van der Waals surface area contributed by atoms with Crippen LogP contribution in [0.4, 0.5) is 11.9 Å². The van der Waals surface area contributed by atoms with Gasteiger partial charge in [0.15, 0.2) is 5.82 Å². The van der Waals surface area contributed by atoms with Crippen molar-refractivity contribution in [3.63, 3.8) is 0 Å². The molecule has 0 saturated heterocycles. The van der Waals surface area contributed by atoms with Crippen molar-refractivity contribution in [1.29, 1.82) is 0 Å². The molecule has 0 radical (unpaired) electrons.